The molecule has 0 bridgehead atoms. The monoisotopic (exact) mass is 493 g/mol. The highest BCUT2D eigenvalue weighted by atomic mass is 79.9. The van der Waals surface area contributed by atoms with Crippen LogP contribution in [-0.2, 0) is 16.0 Å². The highest BCUT2D eigenvalue weighted by Crippen LogP contribution is 2.43. The van der Waals surface area contributed by atoms with E-state index in [4.69, 9.17) is 9.15 Å². The van der Waals surface area contributed by atoms with Gasteiger partial charge in [-0.05, 0) is 67.9 Å². The number of fused-ring (bicyclic) bond motifs is 1. The average Bonchev–Trinajstić information content (AvgIpc) is 3.42. The molecule has 1 aromatic heterocycles. The topological polar surface area (TPSA) is 80.0 Å². The third-order valence-electron chi connectivity index (χ3n) is 5.73. The number of ether oxygens (including phenoxy) is 1. The lowest BCUT2D eigenvalue weighted by molar-refractivity contribution is -0.132. The first-order valence-corrected chi connectivity index (χ1v) is 11.1. The first-order valence-electron chi connectivity index (χ1n) is 10.3. The molecule has 3 heterocycles. The molecule has 0 aliphatic carbocycles. The number of nitrogens with zero attached hydrogens (tertiary/aromatic N) is 1. The molecule has 2 unspecified atom stereocenters. The van der Waals surface area contributed by atoms with Gasteiger partial charge in [-0.1, -0.05) is 22.0 Å². The van der Waals surface area contributed by atoms with Crippen LogP contribution in [0.2, 0.25) is 0 Å². The van der Waals surface area contributed by atoms with Crippen LogP contribution in [0.4, 0.5) is 5.69 Å². The number of amides is 1. The maximum atomic E-state index is 13.2. The van der Waals surface area contributed by atoms with E-state index in [1.165, 1.54) is 4.90 Å². The molecule has 1 saturated heterocycles. The SMILES string of the molecule is Cc1ccc(C2/C(=C(/O)c3ccc4c(c3)CC(C)O4)C(=O)C(=O)N2c2cccc(Br)c2)o1. The lowest BCUT2D eigenvalue weighted by atomic mass is 9.97. The van der Waals surface area contributed by atoms with E-state index in [1.807, 2.05) is 19.1 Å². The fourth-order valence-corrected chi connectivity index (χ4v) is 4.71. The van der Waals surface area contributed by atoms with E-state index in [1.54, 1.807) is 49.4 Å². The Kier molecular flexibility index (Phi) is 4.93. The quantitative estimate of drug-likeness (QED) is 0.304. The summed E-state index contributed by atoms with van der Waals surface area (Å²) >= 11 is 3.42. The van der Waals surface area contributed by atoms with E-state index in [0.29, 0.717) is 29.2 Å². The van der Waals surface area contributed by atoms with E-state index >= 15 is 0 Å². The van der Waals surface area contributed by atoms with Crippen molar-refractivity contribution in [3.05, 3.63) is 87.3 Å². The van der Waals surface area contributed by atoms with Crippen molar-refractivity contribution < 1.29 is 23.8 Å². The zero-order valence-electron chi connectivity index (χ0n) is 17.5. The summed E-state index contributed by atoms with van der Waals surface area (Å²) in [7, 11) is 0. The highest BCUT2D eigenvalue weighted by Gasteiger charge is 2.48. The number of rotatable bonds is 3. The molecule has 2 aliphatic heterocycles. The van der Waals surface area contributed by atoms with Crippen LogP contribution < -0.4 is 9.64 Å². The van der Waals surface area contributed by atoms with Gasteiger partial charge in [-0.15, -0.1) is 0 Å². The number of halogens is 1. The van der Waals surface area contributed by atoms with Crippen LogP contribution in [0.15, 0.2) is 69.1 Å². The number of aliphatic hydroxyl groups excluding tert-OH is 1. The minimum Gasteiger partial charge on any atom is -0.507 e. The summed E-state index contributed by atoms with van der Waals surface area (Å²) < 4.78 is 12.3. The summed E-state index contributed by atoms with van der Waals surface area (Å²) in [6.45, 7) is 3.76. The van der Waals surface area contributed by atoms with Crippen LogP contribution in [0.1, 0.15) is 35.6 Å². The molecule has 6 nitrogen and oxygen atoms in total. The normalized spacial score (nSPS) is 21.7. The van der Waals surface area contributed by atoms with Gasteiger partial charge in [0.2, 0.25) is 0 Å². The van der Waals surface area contributed by atoms with Crippen molar-refractivity contribution in [1.29, 1.82) is 0 Å². The number of aliphatic hydroxyl groups is 1. The van der Waals surface area contributed by atoms with Crippen molar-refractivity contribution in [2.24, 2.45) is 0 Å². The Hall–Kier alpha value is -3.32. The molecule has 3 aromatic rings. The van der Waals surface area contributed by atoms with Gasteiger partial charge in [0.15, 0.2) is 0 Å². The van der Waals surface area contributed by atoms with Crippen molar-refractivity contribution in [3.63, 3.8) is 0 Å². The summed E-state index contributed by atoms with van der Waals surface area (Å²) in [5.74, 6) is 0.0994. The molecule has 1 fully saturated rings. The van der Waals surface area contributed by atoms with E-state index in [-0.39, 0.29) is 17.4 Å². The standard InChI is InChI=1S/C25H20BrNO5/c1-13-6-8-20(31-13)22-21(23(28)15-7-9-19-16(11-15)10-14(2)32-19)24(29)25(30)27(22)18-5-3-4-17(26)12-18/h3-9,11-12,14,22,28H,10H2,1-2H3/b23-21-. The zero-order chi connectivity index (χ0) is 22.6. The van der Waals surface area contributed by atoms with Crippen molar-refractivity contribution in [3.8, 4) is 5.75 Å². The third-order valence-corrected chi connectivity index (χ3v) is 6.22. The molecule has 7 heteroatoms. The van der Waals surface area contributed by atoms with Crippen LogP contribution in [0, 0.1) is 6.92 Å². The lowest BCUT2D eigenvalue weighted by Gasteiger charge is -2.23. The van der Waals surface area contributed by atoms with Gasteiger partial charge in [0.1, 0.15) is 35.2 Å². The summed E-state index contributed by atoms with van der Waals surface area (Å²) in [5, 5.41) is 11.3. The van der Waals surface area contributed by atoms with Crippen molar-refractivity contribution in [1.82, 2.24) is 0 Å². The van der Waals surface area contributed by atoms with Crippen molar-refractivity contribution >= 4 is 39.1 Å². The second kappa shape index (κ2) is 7.67. The molecule has 2 atom stereocenters. The first-order chi connectivity index (χ1) is 15.3. The smallest absolute Gasteiger partial charge is 0.300 e. The molecule has 0 spiro atoms. The number of furan rings is 1. The van der Waals surface area contributed by atoms with Gasteiger partial charge in [0.05, 0.1) is 5.57 Å². The molecule has 0 radical (unpaired) electrons. The Balaban J connectivity index is 1.69. The first kappa shape index (κ1) is 20.6. The van der Waals surface area contributed by atoms with Crippen LogP contribution in [-0.4, -0.2) is 22.9 Å². The van der Waals surface area contributed by atoms with E-state index in [9.17, 15) is 14.7 Å². The number of aryl methyl sites for hydroxylation is 1. The molecule has 2 aliphatic rings. The number of carbonyl (C=O) groups excluding carboxylic acids is 2. The number of ketones is 1. The van der Waals surface area contributed by atoms with E-state index < -0.39 is 17.7 Å². The summed E-state index contributed by atoms with van der Waals surface area (Å²) in [5.41, 5.74) is 1.93. The van der Waals surface area contributed by atoms with Gasteiger partial charge in [-0.3, -0.25) is 14.5 Å². The average molecular weight is 494 g/mol. The highest BCUT2D eigenvalue weighted by molar-refractivity contribution is 9.10. The Morgan fingerprint density at radius 3 is 2.66 bits per heavy atom. The summed E-state index contributed by atoms with van der Waals surface area (Å²) in [4.78, 5) is 27.7. The number of Topliss-reactive ketones (excluding diaryl/α,β-unsaturated/α-hetero) is 1. The van der Waals surface area contributed by atoms with E-state index in [2.05, 4.69) is 15.9 Å². The second-order valence-corrected chi connectivity index (χ2v) is 8.97. The lowest BCUT2D eigenvalue weighted by Crippen LogP contribution is -2.29. The number of hydrogen-bond donors (Lipinski definition) is 1. The van der Waals surface area contributed by atoms with Gasteiger partial charge >= 0.3 is 0 Å². The van der Waals surface area contributed by atoms with E-state index in [0.717, 1.165) is 15.8 Å². The Morgan fingerprint density at radius 1 is 1.12 bits per heavy atom. The molecular formula is C25H20BrNO5. The zero-order valence-corrected chi connectivity index (χ0v) is 19.0. The molecule has 1 N–H and O–H groups in total. The minimum absolute atomic E-state index is 0.00348. The summed E-state index contributed by atoms with van der Waals surface area (Å²) in [6, 6.07) is 15.0. The van der Waals surface area contributed by atoms with Crippen LogP contribution in [0.25, 0.3) is 5.76 Å². The molecule has 0 saturated carbocycles. The fraction of sp³-hybridized carbons (Fsp3) is 0.200. The van der Waals surface area contributed by atoms with Gasteiger partial charge in [0, 0.05) is 22.1 Å². The maximum absolute atomic E-state index is 13.2. The number of carbonyl (C=O) groups is 2. The fourth-order valence-electron chi connectivity index (χ4n) is 4.32. The Labute approximate surface area is 193 Å². The number of hydrogen-bond acceptors (Lipinski definition) is 5. The van der Waals surface area contributed by atoms with Crippen molar-refractivity contribution in [2.45, 2.75) is 32.4 Å². The van der Waals surface area contributed by atoms with Crippen LogP contribution in [0.3, 0.4) is 0 Å². The molecule has 162 valence electrons. The molecule has 32 heavy (non-hydrogen) atoms. The van der Waals surface area contributed by atoms with Gasteiger partial charge in [-0.25, -0.2) is 0 Å². The third kappa shape index (κ3) is 3.33. The largest absolute Gasteiger partial charge is 0.507 e. The van der Waals surface area contributed by atoms with Crippen LogP contribution >= 0.6 is 15.9 Å². The van der Waals surface area contributed by atoms with Gasteiger partial charge in [-0.2, -0.15) is 0 Å². The number of benzene rings is 2. The van der Waals surface area contributed by atoms with Gasteiger partial charge in [0.25, 0.3) is 11.7 Å². The van der Waals surface area contributed by atoms with Gasteiger partial charge < -0.3 is 14.3 Å². The predicted octanol–water partition coefficient (Wildman–Crippen LogP) is 5.30. The Bertz CT molecular complexity index is 1290. The molecule has 1 amide bonds. The number of anilines is 1. The minimum atomic E-state index is -0.888. The Morgan fingerprint density at radius 2 is 1.94 bits per heavy atom. The van der Waals surface area contributed by atoms with Crippen LogP contribution in [0.5, 0.6) is 5.75 Å². The summed E-state index contributed by atoms with van der Waals surface area (Å²) in [6.07, 6.45) is 0.763. The second-order valence-electron chi connectivity index (χ2n) is 8.05. The maximum Gasteiger partial charge on any atom is 0.300 e. The predicted molar refractivity (Wildman–Crippen MR) is 123 cm³/mol. The molecular weight excluding hydrogens is 474 g/mol. The van der Waals surface area contributed by atoms with Crippen molar-refractivity contribution in [2.75, 3.05) is 4.90 Å². The molecule has 5 rings (SSSR count). The molecule has 2 aromatic carbocycles.